The summed E-state index contributed by atoms with van der Waals surface area (Å²) in [4.78, 5) is -0.298. The quantitative estimate of drug-likeness (QED) is 0.675. The number of benzene rings is 1. The van der Waals surface area contributed by atoms with Gasteiger partial charge in [0.1, 0.15) is 10.7 Å². The molecule has 1 aromatic rings. The number of sulfonamides is 1. The smallest absolute Gasteiger partial charge is 0.207 e. The molecule has 2 rings (SSSR count). The highest BCUT2D eigenvalue weighted by molar-refractivity contribution is 9.10. The molecule has 0 aliphatic heterocycles. The van der Waals surface area contributed by atoms with E-state index in [0.29, 0.717) is 23.5 Å². The van der Waals surface area contributed by atoms with E-state index in [1.54, 1.807) is 6.92 Å². The molecule has 21 heavy (non-hydrogen) atoms. The Labute approximate surface area is 138 Å². The molecule has 7 heteroatoms. The first kappa shape index (κ1) is 17.2. The third kappa shape index (κ3) is 3.60. The second-order valence-corrected chi connectivity index (χ2v) is 8.35. The number of nitrogens with zero attached hydrogens (tertiary/aromatic N) is 1. The maximum atomic E-state index is 14.4. The van der Waals surface area contributed by atoms with Crippen molar-refractivity contribution in [1.29, 1.82) is 0 Å². The molecule has 118 valence electrons. The van der Waals surface area contributed by atoms with Crippen LogP contribution in [0.1, 0.15) is 31.7 Å². The number of hydrogen-bond acceptors (Lipinski definition) is 2. The van der Waals surface area contributed by atoms with Crippen LogP contribution in [-0.4, -0.2) is 25.8 Å². The van der Waals surface area contributed by atoms with Gasteiger partial charge >= 0.3 is 0 Å². The summed E-state index contributed by atoms with van der Waals surface area (Å²) in [6.07, 6.45) is 3.23. The van der Waals surface area contributed by atoms with Crippen LogP contribution in [0.25, 0.3) is 0 Å². The van der Waals surface area contributed by atoms with Gasteiger partial charge in [0.2, 0.25) is 10.0 Å². The standard InChI is InChI=1S/C14H18BrClFNO2S/c1-2-18(9-10-4-3-5-10)21(19,20)13-7-12(15)6-11(8-16)14(13)17/h6-7,10H,2-5,8-9H2,1H3. The lowest BCUT2D eigenvalue weighted by molar-refractivity contribution is 0.249. The molecule has 1 aliphatic carbocycles. The third-order valence-electron chi connectivity index (χ3n) is 3.88. The van der Waals surface area contributed by atoms with Gasteiger partial charge in [-0.25, -0.2) is 12.8 Å². The van der Waals surface area contributed by atoms with Crippen molar-refractivity contribution in [3.63, 3.8) is 0 Å². The van der Waals surface area contributed by atoms with Crippen LogP contribution in [-0.2, 0) is 15.9 Å². The van der Waals surface area contributed by atoms with Crippen molar-refractivity contribution in [1.82, 2.24) is 4.31 Å². The molecule has 0 N–H and O–H groups in total. The molecule has 0 amide bonds. The average Bonchev–Trinajstić information content (AvgIpc) is 2.39. The highest BCUT2D eigenvalue weighted by atomic mass is 79.9. The maximum absolute atomic E-state index is 14.4. The van der Waals surface area contributed by atoms with E-state index in [9.17, 15) is 12.8 Å². The molecule has 0 heterocycles. The highest BCUT2D eigenvalue weighted by Crippen LogP contribution is 2.31. The predicted octanol–water partition coefficient (Wildman–Crippen LogP) is 4.14. The molecule has 0 atom stereocenters. The zero-order chi connectivity index (χ0) is 15.6. The number of rotatable bonds is 6. The Morgan fingerprint density at radius 2 is 2.10 bits per heavy atom. The first-order valence-electron chi connectivity index (χ1n) is 6.94. The fourth-order valence-electron chi connectivity index (χ4n) is 2.40. The van der Waals surface area contributed by atoms with E-state index in [-0.39, 0.29) is 16.3 Å². The number of halogens is 3. The summed E-state index contributed by atoms with van der Waals surface area (Å²) in [5.74, 6) is -0.426. The lowest BCUT2D eigenvalue weighted by atomic mass is 9.85. The van der Waals surface area contributed by atoms with Crippen LogP contribution in [0.3, 0.4) is 0 Å². The van der Waals surface area contributed by atoms with E-state index in [1.165, 1.54) is 16.4 Å². The van der Waals surface area contributed by atoms with Crippen LogP contribution in [0.15, 0.2) is 21.5 Å². The van der Waals surface area contributed by atoms with Crippen LogP contribution in [0, 0.1) is 11.7 Å². The minimum Gasteiger partial charge on any atom is -0.207 e. The summed E-state index contributed by atoms with van der Waals surface area (Å²) < 4.78 is 41.6. The van der Waals surface area contributed by atoms with E-state index < -0.39 is 15.8 Å². The molecule has 0 saturated heterocycles. The molecular formula is C14H18BrClFNO2S. The van der Waals surface area contributed by atoms with Gasteiger partial charge in [-0.1, -0.05) is 29.3 Å². The van der Waals surface area contributed by atoms with Gasteiger partial charge in [0.25, 0.3) is 0 Å². The number of alkyl halides is 1. The summed E-state index contributed by atoms with van der Waals surface area (Å²) >= 11 is 8.91. The summed E-state index contributed by atoms with van der Waals surface area (Å²) in [5, 5.41) is 0. The Bertz CT molecular complexity index is 620. The summed E-state index contributed by atoms with van der Waals surface area (Å²) in [5.41, 5.74) is 0.185. The van der Waals surface area contributed by atoms with Gasteiger partial charge < -0.3 is 0 Å². The minimum atomic E-state index is -3.84. The average molecular weight is 399 g/mol. The largest absolute Gasteiger partial charge is 0.246 e. The monoisotopic (exact) mass is 397 g/mol. The van der Waals surface area contributed by atoms with Crippen molar-refractivity contribution >= 4 is 37.6 Å². The second kappa shape index (κ2) is 6.94. The molecule has 1 aromatic carbocycles. The lowest BCUT2D eigenvalue weighted by Gasteiger charge is -2.31. The molecule has 0 spiro atoms. The van der Waals surface area contributed by atoms with E-state index in [1.807, 2.05) is 0 Å². The van der Waals surface area contributed by atoms with Crippen molar-refractivity contribution in [2.45, 2.75) is 37.0 Å². The van der Waals surface area contributed by atoms with Gasteiger partial charge in [0.15, 0.2) is 0 Å². The van der Waals surface area contributed by atoms with Crippen LogP contribution in [0.5, 0.6) is 0 Å². The third-order valence-corrected chi connectivity index (χ3v) is 6.57. The molecule has 0 aromatic heterocycles. The summed E-state index contributed by atoms with van der Waals surface area (Å²) in [7, 11) is -3.84. The summed E-state index contributed by atoms with van der Waals surface area (Å²) in [6.45, 7) is 2.57. The zero-order valence-electron chi connectivity index (χ0n) is 11.8. The fraction of sp³-hybridized carbons (Fsp3) is 0.571. The van der Waals surface area contributed by atoms with Gasteiger partial charge in [0.05, 0.1) is 5.88 Å². The van der Waals surface area contributed by atoms with E-state index in [4.69, 9.17) is 11.6 Å². The minimum absolute atomic E-state index is 0.0669. The normalized spacial score (nSPS) is 16.2. The molecule has 0 unspecified atom stereocenters. The van der Waals surface area contributed by atoms with Crippen molar-refractivity contribution < 1.29 is 12.8 Å². The SMILES string of the molecule is CCN(CC1CCC1)S(=O)(=O)c1cc(Br)cc(CCl)c1F. The Morgan fingerprint density at radius 1 is 1.43 bits per heavy atom. The highest BCUT2D eigenvalue weighted by Gasteiger charge is 2.31. The topological polar surface area (TPSA) is 37.4 Å². The number of hydrogen-bond donors (Lipinski definition) is 0. The van der Waals surface area contributed by atoms with Crippen LogP contribution < -0.4 is 0 Å². The molecule has 0 radical (unpaired) electrons. The first-order chi connectivity index (χ1) is 9.90. The summed E-state index contributed by atoms with van der Waals surface area (Å²) in [6, 6.07) is 2.81. The van der Waals surface area contributed by atoms with Crippen LogP contribution in [0.4, 0.5) is 4.39 Å². The van der Waals surface area contributed by atoms with Gasteiger partial charge in [-0.2, -0.15) is 4.31 Å². The van der Waals surface area contributed by atoms with Gasteiger partial charge in [-0.15, -0.1) is 11.6 Å². The molecule has 0 bridgehead atoms. The second-order valence-electron chi connectivity index (χ2n) is 5.26. The Balaban J connectivity index is 2.39. The molecule has 1 fully saturated rings. The van der Waals surface area contributed by atoms with Gasteiger partial charge in [-0.3, -0.25) is 0 Å². The van der Waals surface area contributed by atoms with E-state index in [2.05, 4.69) is 15.9 Å². The van der Waals surface area contributed by atoms with E-state index >= 15 is 0 Å². The molecule has 1 saturated carbocycles. The van der Waals surface area contributed by atoms with Gasteiger partial charge in [-0.05, 0) is 30.9 Å². The predicted molar refractivity (Wildman–Crippen MR) is 85.4 cm³/mol. The zero-order valence-corrected chi connectivity index (χ0v) is 14.9. The van der Waals surface area contributed by atoms with Crippen molar-refractivity contribution in [2.75, 3.05) is 13.1 Å². The maximum Gasteiger partial charge on any atom is 0.246 e. The Kier molecular flexibility index (Phi) is 5.68. The van der Waals surface area contributed by atoms with Crippen molar-refractivity contribution in [3.8, 4) is 0 Å². The molecular weight excluding hydrogens is 381 g/mol. The van der Waals surface area contributed by atoms with Crippen molar-refractivity contribution in [2.24, 2.45) is 5.92 Å². The van der Waals surface area contributed by atoms with Gasteiger partial charge in [0, 0.05) is 23.1 Å². The van der Waals surface area contributed by atoms with E-state index in [0.717, 1.165) is 19.3 Å². The Morgan fingerprint density at radius 3 is 2.57 bits per heavy atom. The first-order valence-corrected chi connectivity index (χ1v) is 9.71. The van der Waals surface area contributed by atoms with Crippen molar-refractivity contribution in [3.05, 3.63) is 28.0 Å². The van der Waals surface area contributed by atoms with Crippen LogP contribution in [0.2, 0.25) is 0 Å². The van der Waals surface area contributed by atoms with Crippen LogP contribution >= 0.6 is 27.5 Å². The molecule has 3 nitrogen and oxygen atoms in total. The molecule has 1 aliphatic rings. The fourth-order valence-corrected chi connectivity index (χ4v) is 4.91. The lowest BCUT2D eigenvalue weighted by Crippen LogP contribution is -2.37. The Hall–Kier alpha value is -0.170.